The summed E-state index contributed by atoms with van der Waals surface area (Å²) in [5.74, 6) is -10.9. The molecule has 10 atom stereocenters. The molecule has 0 radical (unpaired) electrons. The van der Waals surface area contributed by atoms with E-state index < -0.39 is 122 Å². The minimum Gasteiger partial charge on any atom is -0.463 e. The van der Waals surface area contributed by atoms with Gasteiger partial charge in [-0.05, 0) is 0 Å². The van der Waals surface area contributed by atoms with Crippen LogP contribution in [0.25, 0.3) is 0 Å². The lowest BCUT2D eigenvalue weighted by Gasteiger charge is -2.51. The third kappa shape index (κ3) is 11.1. The van der Waals surface area contributed by atoms with Crippen molar-refractivity contribution in [2.24, 2.45) is 0 Å². The Morgan fingerprint density at radius 1 is 0.500 bits per heavy atom. The average molecular weight is 695 g/mol. The molecule has 2 aliphatic rings. The van der Waals surface area contributed by atoms with E-state index in [9.17, 15) is 43.5 Å². The van der Waals surface area contributed by atoms with E-state index in [0.717, 1.165) is 55.4 Å². The van der Waals surface area contributed by atoms with Crippen LogP contribution in [0.3, 0.4) is 0 Å². The van der Waals surface area contributed by atoms with Crippen molar-refractivity contribution < 1.29 is 95.6 Å². The summed E-state index contributed by atoms with van der Waals surface area (Å²) in [6, 6.07) is 0. The summed E-state index contributed by atoms with van der Waals surface area (Å²) in [6.07, 6.45) is -16.9. The molecule has 20 heteroatoms. The minimum absolute atomic E-state index is 0.679. The van der Waals surface area contributed by atoms with Crippen LogP contribution in [0, 0.1) is 0 Å². The van der Waals surface area contributed by atoms with E-state index in [2.05, 4.69) is 0 Å². The first-order valence-corrected chi connectivity index (χ1v) is 14.3. The molecule has 0 aromatic rings. The van der Waals surface area contributed by atoms with E-state index in [1.807, 2.05) is 0 Å². The highest BCUT2D eigenvalue weighted by molar-refractivity contribution is 5.70. The van der Waals surface area contributed by atoms with Crippen LogP contribution in [0.4, 0.5) is 0 Å². The zero-order valence-corrected chi connectivity index (χ0v) is 27.3. The van der Waals surface area contributed by atoms with E-state index in [1.165, 1.54) is 0 Å². The van der Waals surface area contributed by atoms with Gasteiger partial charge in [0.2, 0.25) is 30.6 Å². The molecular formula is C28H38O20. The first-order valence-electron chi connectivity index (χ1n) is 14.3. The van der Waals surface area contributed by atoms with Crippen molar-refractivity contribution in [2.75, 3.05) is 13.2 Å². The molecule has 48 heavy (non-hydrogen) atoms. The van der Waals surface area contributed by atoms with Crippen molar-refractivity contribution in [1.29, 1.82) is 0 Å². The van der Waals surface area contributed by atoms with Gasteiger partial charge >= 0.3 is 47.8 Å². The van der Waals surface area contributed by atoms with Gasteiger partial charge in [0.05, 0.1) is 0 Å². The zero-order chi connectivity index (χ0) is 36.5. The number of rotatable bonds is 12. The normalized spacial score (nSPS) is 31.2. The molecule has 0 unspecified atom stereocenters. The monoisotopic (exact) mass is 694 g/mol. The van der Waals surface area contributed by atoms with Gasteiger partial charge in [-0.15, -0.1) is 0 Å². The van der Waals surface area contributed by atoms with Crippen molar-refractivity contribution >= 4 is 47.8 Å². The fourth-order valence-corrected chi connectivity index (χ4v) is 4.76. The Labute approximate surface area is 273 Å². The number of ether oxygens (including phenoxy) is 11. The number of aliphatic hydroxyl groups is 1. The quantitative estimate of drug-likeness (QED) is 0.138. The van der Waals surface area contributed by atoms with Crippen molar-refractivity contribution in [3.8, 4) is 0 Å². The highest BCUT2D eigenvalue weighted by Gasteiger charge is 2.65. The first-order chi connectivity index (χ1) is 22.2. The first kappa shape index (κ1) is 39.8. The summed E-state index contributed by atoms with van der Waals surface area (Å²) in [5, 5.41) is 12.2. The minimum atomic E-state index is -3.12. The molecule has 1 N–H and O–H groups in total. The third-order valence-corrected chi connectivity index (χ3v) is 6.30. The highest BCUT2D eigenvalue weighted by Crippen LogP contribution is 2.40. The standard InChI is InChI=1S/C28H38O20/c1-11(29)38-9-19-21(40-13(3)31)22(41-14(4)32)23(42-15(5)33)27(46-19)48-28(37)20(10-39-12(2)30)47-26(45-18(8)36)24(43-16(6)34)25(28)44-17(7)35/h19-27,37H,9-10H2,1-8H3/t19-,20-,21-,22+,23-,24-,25-,26-,27+,28-/m1/s1. The maximum Gasteiger partial charge on any atom is 0.305 e. The van der Waals surface area contributed by atoms with Crippen molar-refractivity contribution in [1.82, 2.24) is 0 Å². The molecule has 2 fully saturated rings. The van der Waals surface area contributed by atoms with Gasteiger partial charge < -0.3 is 57.2 Å². The van der Waals surface area contributed by atoms with Gasteiger partial charge in [-0.25, -0.2) is 0 Å². The van der Waals surface area contributed by atoms with Gasteiger partial charge in [-0.2, -0.15) is 0 Å². The Kier molecular flexibility index (Phi) is 14.2. The smallest absolute Gasteiger partial charge is 0.305 e. The molecule has 0 aromatic heterocycles. The van der Waals surface area contributed by atoms with Gasteiger partial charge in [0.25, 0.3) is 0 Å². The lowest BCUT2D eigenvalue weighted by molar-refractivity contribution is -0.437. The summed E-state index contributed by atoms with van der Waals surface area (Å²) in [6.45, 7) is 6.17. The lowest BCUT2D eigenvalue weighted by Crippen LogP contribution is -2.73. The highest BCUT2D eigenvalue weighted by atomic mass is 16.8. The maximum absolute atomic E-state index is 12.3. The average Bonchev–Trinajstić information content (AvgIpc) is 2.92. The Morgan fingerprint density at radius 2 is 0.938 bits per heavy atom. The number of carbonyl (C=O) groups excluding carboxylic acids is 8. The molecule has 2 rings (SSSR count). The van der Waals surface area contributed by atoms with Gasteiger partial charge in [0.1, 0.15) is 19.3 Å². The Bertz CT molecular complexity index is 1250. The van der Waals surface area contributed by atoms with E-state index in [0.29, 0.717) is 0 Å². The van der Waals surface area contributed by atoms with Gasteiger partial charge in [0, 0.05) is 55.4 Å². The van der Waals surface area contributed by atoms with Crippen LogP contribution in [0.1, 0.15) is 55.4 Å². The molecule has 0 saturated carbocycles. The second kappa shape index (κ2) is 17.1. The summed E-state index contributed by atoms with van der Waals surface area (Å²) in [7, 11) is 0. The maximum atomic E-state index is 12.3. The van der Waals surface area contributed by atoms with Crippen LogP contribution in [0.5, 0.6) is 0 Å². The predicted molar refractivity (Wildman–Crippen MR) is 146 cm³/mol. The molecule has 2 aliphatic heterocycles. The number of esters is 8. The molecule has 2 saturated heterocycles. The Morgan fingerprint density at radius 3 is 1.42 bits per heavy atom. The Hall–Kier alpha value is -4.40. The summed E-state index contributed by atoms with van der Waals surface area (Å²) in [5.41, 5.74) is 0. The molecule has 0 bridgehead atoms. The molecule has 0 aromatic carbocycles. The number of hydrogen-bond donors (Lipinski definition) is 1. The van der Waals surface area contributed by atoms with E-state index >= 15 is 0 Å². The van der Waals surface area contributed by atoms with Gasteiger partial charge in [-0.3, -0.25) is 38.4 Å². The van der Waals surface area contributed by atoms with Crippen LogP contribution in [0.15, 0.2) is 0 Å². The number of carbonyl (C=O) groups is 8. The summed E-state index contributed by atoms with van der Waals surface area (Å²) >= 11 is 0. The van der Waals surface area contributed by atoms with Crippen LogP contribution in [-0.4, -0.2) is 127 Å². The van der Waals surface area contributed by atoms with E-state index in [4.69, 9.17) is 52.1 Å². The number of hydrogen-bond acceptors (Lipinski definition) is 20. The fraction of sp³-hybridized carbons (Fsp3) is 0.714. The third-order valence-electron chi connectivity index (χ3n) is 6.30. The SMILES string of the molecule is CC(=O)OC[C@H]1O[C@@H](O[C@@]2(O)[C@H](OC(C)=O)[C@@H](OC(C)=O)[C@H](OC(C)=O)O[C@@H]2COC(C)=O)[C@H](OC(C)=O)[C@@H](OC(C)=O)[C@@H]1OC(C)=O. The van der Waals surface area contributed by atoms with Crippen LogP contribution >= 0.6 is 0 Å². The van der Waals surface area contributed by atoms with Crippen molar-refractivity contribution in [3.63, 3.8) is 0 Å². The largest absolute Gasteiger partial charge is 0.463 e. The Balaban J connectivity index is 2.81. The molecular weight excluding hydrogens is 656 g/mol. The fourth-order valence-electron chi connectivity index (χ4n) is 4.76. The topological polar surface area (TPSA) is 258 Å². The molecule has 0 spiro atoms. The molecule has 20 nitrogen and oxygen atoms in total. The molecule has 0 amide bonds. The molecule has 270 valence electrons. The second-order valence-electron chi connectivity index (χ2n) is 10.4. The van der Waals surface area contributed by atoms with Crippen molar-refractivity contribution in [3.05, 3.63) is 0 Å². The van der Waals surface area contributed by atoms with Crippen LogP contribution < -0.4 is 0 Å². The van der Waals surface area contributed by atoms with Crippen LogP contribution in [-0.2, 0) is 90.5 Å². The van der Waals surface area contributed by atoms with Gasteiger partial charge in [0.15, 0.2) is 24.4 Å². The van der Waals surface area contributed by atoms with E-state index in [-0.39, 0.29) is 0 Å². The second-order valence-corrected chi connectivity index (χ2v) is 10.4. The molecule has 0 aliphatic carbocycles. The summed E-state index contributed by atoms with van der Waals surface area (Å²) in [4.78, 5) is 96.4. The molecule has 2 heterocycles. The van der Waals surface area contributed by atoms with E-state index in [1.54, 1.807) is 0 Å². The predicted octanol–water partition coefficient (Wildman–Crippen LogP) is -1.51. The lowest BCUT2D eigenvalue weighted by atomic mass is 9.93. The van der Waals surface area contributed by atoms with Crippen LogP contribution in [0.2, 0.25) is 0 Å². The summed E-state index contributed by atoms with van der Waals surface area (Å²) < 4.78 is 59.1. The zero-order valence-electron chi connectivity index (χ0n) is 27.3. The van der Waals surface area contributed by atoms with Crippen molar-refractivity contribution in [2.45, 2.75) is 116 Å². The van der Waals surface area contributed by atoms with Gasteiger partial charge in [-0.1, -0.05) is 0 Å².